The Bertz CT molecular complexity index is 850. The molecule has 0 N–H and O–H groups in total. The summed E-state index contributed by atoms with van der Waals surface area (Å²) in [6, 6.07) is 4.21. The van der Waals surface area contributed by atoms with Crippen LogP contribution in [-0.2, 0) is 19.6 Å². The van der Waals surface area contributed by atoms with Crippen molar-refractivity contribution >= 4 is 27.7 Å². The number of sulfonamides is 1. The molecular formula is C19H29N3O6S. The second-order valence-corrected chi connectivity index (χ2v) is 8.78. The third-order valence-electron chi connectivity index (χ3n) is 4.76. The number of methoxy groups -OCH3 is 1. The Labute approximate surface area is 172 Å². The van der Waals surface area contributed by atoms with Crippen LogP contribution in [0.4, 0.5) is 10.5 Å². The van der Waals surface area contributed by atoms with Gasteiger partial charge in [0.2, 0.25) is 15.9 Å². The van der Waals surface area contributed by atoms with Crippen LogP contribution in [-0.4, -0.2) is 82.4 Å². The van der Waals surface area contributed by atoms with Crippen LogP contribution in [0.25, 0.3) is 0 Å². The van der Waals surface area contributed by atoms with Crippen LogP contribution in [0.5, 0.6) is 5.75 Å². The van der Waals surface area contributed by atoms with Gasteiger partial charge in [0.1, 0.15) is 11.8 Å². The molecule has 1 heterocycles. The van der Waals surface area contributed by atoms with Crippen molar-refractivity contribution in [1.82, 2.24) is 9.80 Å². The fourth-order valence-corrected chi connectivity index (χ4v) is 4.50. The van der Waals surface area contributed by atoms with Crippen molar-refractivity contribution in [2.75, 3.05) is 50.5 Å². The molecule has 2 rings (SSSR count). The van der Waals surface area contributed by atoms with Gasteiger partial charge in [-0.3, -0.25) is 9.10 Å². The minimum Gasteiger partial charge on any atom is -0.495 e. The summed E-state index contributed by atoms with van der Waals surface area (Å²) in [5.74, 6) is 0.0373. The third-order valence-corrected chi connectivity index (χ3v) is 5.98. The molecular weight excluding hydrogens is 398 g/mol. The molecule has 1 aromatic carbocycles. The molecule has 1 aliphatic heterocycles. The molecule has 0 radical (unpaired) electrons. The Balaban J connectivity index is 2.23. The molecule has 9 nitrogen and oxygen atoms in total. The van der Waals surface area contributed by atoms with Gasteiger partial charge in [-0.2, -0.15) is 0 Å². The van der Waals surface area contributed by atoms with Crippen LogP contribution in [0.1, 0.15) is 19.4 Å². The van der Waals surface area contributed by atoms with Crippen molar-refractivity contribution in [1.29, 1.82) is 0 Å². The van der Waals surface area contributed by atoms with Crippen LogP contribution in [0, 0.1) is 6.92 Å². The third kappa shape index (κ3) is 5.31. The summed E-state index contributed by atoms with van der Waals surface area (Å²) >= 11 is 0. The molecule has 1 saturated heterocycles. The minimum absolute atomic E-state index is 0.288. The number of benzene rings is 1. The lowest BCUT2D eigenvalue weighted by molar-refractivity contribution is -0.133. The van der Waals surface area contributed by atoms with Gasteiger partial charge in [-0.25, -0.2) is 13.2 Å². The first-order valence-corrected chi connectivity index (χ1v) is 11.3. The lowest BCUT2D eigenvalue weighted by Crippen LogP contribution is -2.56. The molecule has 10 heteroatoms. The molecule has 1 aliphatic rings. The largest absolute Gasteiger partial charge is 0.495 e. The van der Waals surface area contributed by atoms with E-state index in [9.17, 15) is 18.0 Å². The highest BCUT2D eigenvalue weighted by Crippen LogP contribution is 2.33. The monoisotopic (exact) mass is 427 g/mol. The highest BCUT2D eigenvalue weighted by atomic mass is 32.2. The maximum Gasteiger partial charge on any atom is 0.409 e. The zero-order valence-electron chi connectivity index (χ0n) is 17.5. The van der Waals surface area contributed by atoms with Crippen molar-refractivity contribution in [2.45, 2.75) is 26.8 Å². The second-order valence-electron chi connectivity index (χ2n) is 6.92. The lowest BCUT2D eigenvalue weighted by atomic mass is 10.1. The zero-order valence-corrected chi connectivity index (χ0v) is 18.4. The van der Waals surface area contributed by atoms with E-state index in [2.05, 4.69) is 0 Å². The first kappa shape index (κ1) is 22.8. The van der Waals surface area contributed by atoms with Gasteiger partial charge >= 0.3 is 6.09 Å². The fraction of sp³-hybridized carbons (Fsp3) is 0.579. The normalized spacial score (nSPS) is 15.6. The summed E-state index contributed by atoms with van der Waals surface area (Å²) in [6.07, 6.45) is 0.659. The molecule has 0 spiro atoms. The van der Waals surface area contributed by atoms with Crippen molar-refractivity contribution < 1.29 is 27.5 Å². The molecule has 0 unspecified atom stereocenters. The van der Waals surface area contributed by atoms with Gasteiger partial charge in [0.15, 0.2) is 0 Å². The summed E-state index contributed by atoms with van der Waals surface area (Å²) in [7, 11) is -2.31. The molecule has 162 valence electrons. The minimum atomic E-state index is -3.76. The van der Waals surface area contributed by atoms with Gasteiger partial charge in [-0.05, 0) is 38.5 Å². The van der Waals surface area contributed by atoms with Crippen LogP contribution < -0.4 is 9.04 Å². The summed E-state index contributed by atoms with van der Waals surface area (Å²) in [6.45, 7) is 6.71. The van der Waals surface area contributed by atoms with E-state index in [1.165, 1.54) is 12.0 Å². The predicted molar refractivity (Wildman–Crippen MR) is 110 cm³/mol. The Morgan fingerprint density at radius 1 is 1.17 bits per heavy atom. The van der Waals surface area contributed by atoms with E-state index in [4.69, 9.17) is 9.47 Å². The Kier molecular flexibility index (Phi) is 7.34. The van der Waals surface area contributed by atoms with Crippen LogP contribution in [0.3, 0.4) is 0 Å². The zero-order chi connectivity index (χ0) is 21.8. The first-order chi connectivity index (χ1) is 13.6. The number of amides is 2. The van der Waals surface area contributed by atoms with Gasteiger partial charge in [0.25, 0.3) is 0 Å². The highest BCUT2D eigenvalue weighted by molar-refractivity contribution is 7.92. The highest BCUT2D eigenvalue weighted by Gasteiger charge is 2.35. The average molecular weight is 428 g/mol. The number of carbonyl (C=O) groups is 2. The number of anilines is 1. The number of aryl methyl sites for hydroxylation is 1. The number of ether oxygens (including phenoxy) is 2. The standard InChI is InChI=1S/C19H29N3O6S/c1-6-28-19(24)21-11-9-20(10-12-21)18(23)15(3)22(29(5,25)26)16-13-14(2)7-8-17(16)27-4/h7-8,13,15H,6,9-12H2,1-5H3/t15-/m0/s1. The van der Waals surface area contributed by atoms with Crippen LogP contribution in [0.15, 0.2) is 18.2 Å². The van der Waals surface area contributed by atoms with Gasteiger partial charge < -0.3 is 19.3 Å². The summed E-state index contributed by atoms with van der Waals surface area (Å²) in [5, 5.41) is 0. The van der Waals surface area contributed by atoms with E-state index < -0.39 is 22.2 Å². The average Bonchev–Trinajstić information content (AvgIpc) is 2.67. The van der Waals surface area contributed by atoms with Gasteiger partial charge in [-0.1, -0.05) is 6.07 Å². The molecule has 0 bridgehead atoms. The first-order valence-electron chi connectivity index (χ1n) is 9.44. The van der Waals surface area contributed by atoms with E-state index >= 15 is 0 Å². The Morgan fingerprint density at radius 2 is 1.76 bits per heavy atom. The summed E-state index contributed by atoms with van der Waals surface area (Å²) in [4.78, 5) is 28.0. The van der Waals surface area contributed by atoms with Gasteiger partial charge in [0.05, 0.1) is 25.7 Å². The maximum absolute atomic E-state index is 13.1. The quantitative estimate of drug-likeness (QED) is 0.682. The molecule has 1 aromatic rings. The van der Waals surface area contributed by atoms with Crippen molar-refractivity contribution in [3.05, 3.63) is 23.8 Å². The van der Waals surface area contributed by atoms with Crippen molar-refractivity contribution in [2.24, 2.45) is 0 Å². The smallest absolute Gasteiger partial charge is 0.409 e. The number of hydrogen-bond donors (Lipinski definition) is 0. The molecule has 0 aromatic heterocycles. The molecule has 1 atom stereocenters. The molecule has 29 heavy (non-hydrogen) atoms. The van der Waals surface area contributed by atoms with Crippen LogP contribution >= 0.6 is 0 Å². The van der Waals surface area contributed by atoms with E-state index in [0.717, 1.165) is 16.1 Å². The molecule has 0 saturated carbocycles. The number of nitrogens with zero attached hydrogens (tertiary/aromatic N) is 3. The second kappa shape index (κ2) is 9.34. The van der Waals surface area contributed by atoms with Crippen molar-refractivity contribution in [3.63, 3.8) is 0 Å². The number of hydrogen-bond acceptors (Lipinski definition) is 6. The lowest BCUT2D eigenvalue weighted by Gasteiger charge is -2.37. The SMILES string of the molecule is CCOC(=O)N1CCN(C(=O)[C@H](C)N(c2cc(C)ccc2OC)S(C)(=O)=O)CC1. The predicted octanol–water partition coefficient (Wildman–Crippen LogP) is 1.46. The molecule has 2 amide bonds. The molecule has 1 fully saturated rings. The molecule has 0 aliphatic carbocycles. The Morgan fingerprint density at radius 3 is 2.28 bits per heavy atom. The Hall–Kier alpha value is -2.49. The van der Waals surface area contributed by atoms with E-state index in [0.29, 0.717) is 37.6 Å². The van der Waals surface area contributed by atoms with Crippen LogP contribution in [0.2, 0.25) is 0 Å². The maximum atomic E-state index is 13.1. The summed E-state index contributed by atoms with van der Waals surface area (Å²) in [5.41, 5.74) is 1.16. The number of carbonyl (C=O) groups excluding carboxylic acids is 2. The number of piperazine rings is 1. The number of rotatable bonds is 6. The fourth-order valence-electron chi connectivity index (χ4n) is 3.34. The van der Waals surface area contributed by atoms with E-state index in [-0.39, 0.29) is 12.5 Å². The van der Waals surface area contributed by atoms with Gasteiger partial charge in [0, 0.05) is 26.2 Å². The van der Waals surface area contributed by atoms with E-state index in [1.54, 1.807) is 30.9 Å². The van der Waals surface area contributed by atoms with E-state index in [1.807, 2.05) is 13.0 Å². The van der Waals surface area contributed by atoms with Gasteiger partial charge in [-0.15, -0.1) is 0 Å². The topological polar surface area (TPSA) is 96.5 Å². The van der Waals surface area contributed by atoms with Crippen molar-refractivity contribution in [3.8, 4) is 5.75 Å². The summed E-state index contributed by atoms with van der Waals surface area (Å²) < 4.78 is 36.6.